The van der Waals surface area contributed by atoms with E-state index in [1.54, 1.807) is 11.3 Å². The molecule has 1 N–H and O–H groups in total. The Bertz CT molecular complexity index is 657. The number of hydrogen-bond acceptors (Lipinski definition) is 3. The Morgan fingerprint density at radius 1 is 1.24 bits per heavy atom. The summed E-state index contributed by atoms with van der Waals surface area (Å²) >= 11 is 5.24. The molecule has 0 fully saturated rings. The van der Waals surface area contributed by atoms with Crippen LogP contribution in [0.25, 0.3) is 0 Å². The quantitative estimate of drug-likeness (QED) is 0.735. The van der Waals surface area contributed by atoms with Crippen LogP contribution in [0.5, 0.6) is 5.75 Å². The maximum absolute atomic E-state index is 10.4. The van der Waals surface area contributed by atoms with Crippen molar-refractivity contribution in [1.29, 1.82) is 0 Å². The fourth-order valence-corrected chi connectivity index (χ4v) is 3.97. The van der Waals surface area contributed by atoms with Gasteiger partial charge in [-0.25, -0.2) is 0 Å². The van der Waals surface area contributed by atoms with Crippen LogP contribution in [0.3, 0.4) is 0 Å². The maximum Gasteiger partial charge on any atom is 0.136 e. The average Bonchev–Trinajstić information content (AvgIpc) is 2.87. The van der Waals surface area contributed by atoms with Crippen molar-refractivity contribution in [3.63, 3.8) is 0 Å². The van der Waals surface area contributed by atoms with Crippen LogP contribution in [-0.4, -0.2) is 5.11 Å². The number of fused-ring (bicyclic) bond motifs is 1. The Morgan fingerprint density at radius 3 is 2.67 bits per heavy atom. The first kappa shape index (κ1) is 15.1. The fraction of sp³-hybridized carbons (Fsp3) is 0.412. The van der Waals surface area contributed by atoms with Gasteiger partial charge in [0, 0.05) is 26.2 Å². The van der Waals surface area contributed by atoms with Crippen LogP contribution in [-0.2, 0) is 5.41 Å². The molecule has 0 saturated carbocycles. The first-order chi connectivity index (χ1) is 9.84. The Kier molecular flexibility index (Phi) is 3.89. The van der Waals surface area contributed by atoms with Gasteiger partial charge < -0.3 is 9.84 Å². The van der Waals surface area contributed by atoms with Gasteiger partial charge in [-0.15, -0.1) is 11.3 Å². The molecule has 0 spiro atoms. The Labute approximate surface area is 137 Å². The molecule has 1 aliphatic heterocycles. The molecule has 1 aromatic carbocycles. The highest BCUT2D eigenvalue weighted by atomic mass is 79.9. The number of aliphatic hydroxyl groups excluding tert-OH is 1. The molecule has 2 atom stereocenters. The third-order valence-corrected chi connectivity index (χ3v) is 5.82. The van der Waals surface area contributed by atoms with Crippen LogP contribution in [0.15, 0.2) is 34.8 Å². The number of hydrogen-bond donors (Lipinski definition) is 1. The summed E-state index contributed by atoms with van der Waals surface area (Å²) in [6.45, 7) is 6.64. The SMILES string of the molecule is CC(C)(C)c1ccc(C2CC(O)c3ccc(Br)cc3O2)s1. The monoisotopic (exact) mass is 366 g/mol. The van der Waals surface area contributed by atoms with Crippen molar-refractivity contribution >= 4 is 27.3 Å². The highest BCUT2D eigenvalue weighted by molar-refractivity contribution is 9.10. The van der Waals surface area contributed by atoms with E-state index >= 15 is 0 Å². The summed E-state index contributed by atoms with van der Waals surface area (Å²) in [6.07, 6.45) is 0.0774. The minimum Gasteiger partial charge on any atom is -0.484 e. The van der Waals surface area contributed by atoms with Crippen LogP contribution < -0.4 is 4.74 Å². The smallest absolute Gasteiger partial charge is 0.136 e. The van der Waals surface area contributed by atoms with Gasteiger partial charge >= 0.3 is 0 Å². The number of thiophene rings is 1. The van der Waals surface area contributed by atoms with Gasteiger partial charge in [-0.05, 0) is 29.7 Å². The van der Waals surface area contributed by atoms with E-state index < -0.39 is 6.10 Å². The van der Waals surface area contributed by atoms with Gasteiger partial charge in [0.1, 0.15) is 11.9 Å². The van der Waals surface area contributed by atoms with E-state index in [1.807, 2.05) is 18.2 Å². The molecule has 1 aliphatic rings. The zero-order chi connectivity index (χ0) is 15.2. The van der Waals surface area contributed by atoms with Gasteiger partial charge in [0.25, 0.3) is 0 Å². The number of aliphatic hydroxyl groups is 1. The van der Waals surface area contributed by atoms with E-state index in [9.17, 15) is 5.11 Å². The van der Waals surface area contributed by atoms with Crippen LogP contribution in [0.4, 0.5) is 0 Å². The van der Waals surface area contributed by atoms with Crippen LogP contribution in [0, 0.1) is 0 Å². The summed E-state index contributed by atoms with van der Waals surface area (Å²) in [6, 6.07) is 10.1. The van der Waals surface area contributed by atoms with Gasteiger partial charge in [-0.3, -0.25) is 0 Å². The molecule has 0 bridgehead atoms. The van der Waals surface area contributed by atoms with Gasteiger partial charge in [-0.2, -0.15) is 0 Å². The minimum atomic E-state index is -0.466. The molecule has 112 valence electrons. The molecule has 1 aromatic heterocycles. The topological polar surface area (TPSA) is 29.5 Å². The Hall–Kier alpha value is -0.840. The second kappa shape index (κ2) is 5.41. The summed E-state index contributed by atoms with van der Waals surface area (Å²) in [5.41, 5.74) is 1.03. The zero-order valence-electron chi connectivity index (χ0n) is 12.4. The molecule has 0 saturated heterocycles. The van der Waals surface area contributed by atoms with Crippen LogP contribution >= 0.6 is 27.3 Å². The summed E-state index contributed by atoms with van der Waals surface area (Å²) in [5.74, 6) is 0.777. The van der Waals surface area contributed by atoms with Crippen LogP contribution in [0.2, 0.25) is 0 Å². The number of benzene rings is 1. The summed E-state index contributed by atoms with van der Waals surface area (Å²) in [5, 5.41) is 10.4. The van der Waals surface area contributed by atoms with Crippen LogP contribution in [0.1, 0.15) is 54.7 Å². The van der Waals surface area contributed by atoms with Crippen molar-refractivity contribution in [3.8, 4) is 5.75 Å². The van der Waals surface area contributed by atoms with Crippen molar-refractivity contribution in [1.82, 2.24) is 0 Å². The molecule has 2 unspecified atom stereocenters. The molecular weight excluding hydrogens is 348 g/mol. The minimum absolute atomic E-state index is 0.0668. The highest BCUT2D eigenvalue weighted by Crippen LogP contribution is 2.44. The number of ether oxygens (including phenoxy) is 1. The Morgan fingerprint density at radius 2 is 2.00 bits per heavy atom. The number of halogens is 1. The highest BCUT2D eigenvalue weighted by Gasteiger charge is 2.30. The van der Waals surface area contributed by atoms with Crippen molar-refractivity contribution in [2.45, 2.75) is 44.8 Å². The first-order valence-corrected chi connectivity index (χ1v) is 8.70. The third-order valence-electron chi connectivity index (χ3n) is 3.72. The molecule has 2 heterocycles. The summed E-state index contributed by atoms with van der Waals surface area (Å²) < 4.78 is 7.08. The van der Waals surface area contributed by atoms with E-state index in [-0.39, 0.29) is 11.5 Å². The van der Waals surface area contributed by atoms with Gasteiger partial charge in [0.05, 0.1) is 6.10 Å². The second-order valence-electron chi connectivity index (χ2n) is 6.49. The van der Waals surface area contributed by atoms with Crippen molar-refractivity contribution in [2.75, 3.05) is 0 Å². The molecule has 0 radical (unpaired) electrons. The van der Waals surface area contributed by atoms with Crippen molar-refractivity contribution in [3.05, 3.63) is 50.1 Å². The summed E-state index contributed by atoms with van der Waals surface area (Å²) in [4.78, 5) is 2.53. The Balaban J connectivity index is 1.90. The second-order valence-corrected chi connectivity index (χ2v) is 8.52. The zero-order valence-corrected chi connectivity index (χ0v) is 14.8. The lowest BCUT2D eigenvalue weighted by molar-refractivity contribution is 0.0674. The predicted octanol–water partition coefficient (Wildman–Crippen LogP) is 5.37. The van der Waals surface area contributed by atoms with Gasteiger partial charge in [-0.1, -0.05) is 42.8 Å². The lowest BCUT2D eigenvalue weighted by atomic mass is 9.95. The normalized spacial score (nSPS) is 21.8. The molecule has 2 aromatic rings. The molecule has 4 heteroatoms. The fourth-order valence-electron chi connectivity index (χ4n) is 2.52. The lowest BCUT2D eigenvalue weighted by Crippen LogP contribution is -2.18. The lowest BCUT2D eigenvalue weighted by Gasteiger charge is -2.29. The maximum atomic E-state index is 10.4. The number of rotatable bonds is 1. The van der Waals surface area contributed by atoms with E-state index in [0.717, 1.165) is 15.8 Å². The van der Waals surface area contributed by atoms with Crippen molar-refractivity contribution < 1.29 is 9.84 Å². The predicted molar refractivity (Wildman–Crippen MR) is 90.1 cm³/mol. The van der Waals surface area contributed by atoms with E-state index in [2.05, 4.69) is 48.8 Å². The molecule has 21 heavy (non-hydrogen) atoms. The molecule has 3 rings (SSSR count). The standard InChI is InChI=1S/C17H19BrO2S/c1-17(2,3)16-7-6-15(21-16)14-9-12(19)11-5-4-10(18)8-13(11)20-14/h4-8,12,14,19H,9H2,1-3H3. The van der Waals surface area contributed by atoms with Gasteiger partial charge in [0.15, 0.2) is 0 Å². The van der Waals surface area contributed by atoms with Gasteiger partial charge in [0.2, 0.25) is 0 Å². The summed E-state index contributed by atoms with van der Waals surface area (Å²) in [7, 11) is 0. The third kappa shape index (κ3) is 3.03. The van der Waals surface area contributed by atoms with E-state index in [4.69, 9.17) is 4.74 Å². The average molecular weight is 367 g/mol. The van der Waals surface area contributed by atoms with Crippen molar-refractivity contribution in [2.24, 2.45) is 0 Å². The largest absolute Gasteiger partial charge is 0.484 e. The van der Waals surface area contributed by atoms with E-state index in [1.165, 1.54) is 9.75 Å². The molecule has 2 nitrogen and oxygen atoms in total. The molecule has 0 aliphatic carbocycles. The molecular formula is C17H19BrO2S. The van der Waals surface area contributed by atoms with E-state index in [0.29, 0.717) is 6.42 Å². The molecule has 0 amide bonds. The first-order valence-electron chi connectivity index (χ1n) is 7.09.